The van der Waals surface area contributed by atoms with Crippen LogP contribution in [0.4, 0.5) is 4.79 Å². The summed E-state index contributed by atoms with van der Waals surface area (Å²) in [7, 11) is 1.75. The second-order valence-corrected chi connectivity index (χ2v) is 7.49. The van der Waals surface area contributed by atoms with Crippen LogP contribution in [0.15, 0.2) is 71.7 Å². The van der Waals surface area contributed by atoms with Crippen LogP contribution < -0.4 is 15.4 Å². The molecule has 1 fully saturated rings. The van der Waals surface area contributed by atoms with Gasteiger partial charge >= 0.3 is 6.03 Å². The zero-order valence-corrected chi connectivity index (χ0v) is 18.1. The van der Waals surface area contributed by atoms with Gasteiger partial charge in [0.25, 0.3) is 0 Å². The molecule has 32 heavy (non-hydrogen) atoms. The Morgan fingerprint density at radius 1 is 1.09 bits per heavy atom. The molecule has 1 aromatic heterocycles. The van der Waals surface area contributed by atoms with Gasteiger partial charge in [-0.25, -0.2) is 4.79 Å². The highest BCUT2D eigenvalue weighted by Crippen LogP contribution is 2.25. The van der Waals surface area contributed by atoms with Crippen LogP contribution in [0.2, 0.25) is 0 Å². The number of amides is 2. The van der Waals surface area contributed by atoms with Gasteiger partial charge in [0, 0.05) is 51.5 Å². The third-order valence-electron chi connectivity index (χ3n) is 5.16. The molecule has 2 N–H and O–H groups in total. The monoisotopic (exact) mass is 429 g/mol. The van der Waals surface area contributed by atoms with E-state index in [4.69, 9.17) is 9.72 Å². The summed E-state index contributed by atoms with van der Waals surface area (Å²) in [5.41, 5.74) is 3.95. The zero-order chi connectivity index (χ0) is 22.2. The van der Waals surface area contributed by atoms with Crippen molar-refractivity contribution in [3.63, 3.8) is 0 Å². The van der Waals surface area contributed by atoms with Crippen molar-refractivity contribution < 1.29 is 9.53 Å². The van der Waals surface area contributed by atoms with Crippen LogP contribution in [0.25, 0.3) is 11.3 Å². The smallest absolute Gasteiger partial charge is 0.317 e. The highest BCUT2D eigenvalue weighted by Gasteiger charge is 2.18. The van der Waals surface area contributed by atoms with Crippen LogP contribution in [0.3, 0.4) is 0 Å². The first-order chi connectivity index (χ1) is 15.7. The molecule has 2 heterocycles. The number of hydrogen-bond donors (Lipinski definition) is 2. The highest BCUT2D eigenvalue weighted by molar-refractivity contribution is 5.79. The quantitative estimate of drug-likeness (QED) is 0.402. The first-order valence-electron chi connectivity index (χ1n) is 10.7. The van der Waals surface area contributed by atoms with Crippen LogP contribution in [0, 0.1) is 0 Å². The molecule has 164 valence electrons. The van der Waals surface area contributed by atoms with E-state index in [9.17, 15) is 4.79 Å². The van der Waals surface area contributed by atoms with Crippen LogP contribution in [0.1, 0.15) is 11.3 Å². The van der Waals surface area contributed by atoms with E-state index in [0.29, 0.717) is 13.1 Å². The third-order valence-corrected chi connectivity index (χ3v) is 5.16. The molecule has 0 saturated carbocycles. The number of ether oxygens (including phenoxy) is 1. The third kappa shape index (κ3) is 5.70. The molecule has 4 rings (SSSR count). The van der Waals surface area contributed by atoms with Crippen molar-refractivity contribution in [1.29, 1.82) is 0 Å². The zero-order valence-electron chi connectivity index (χ0n) is 18.1. The number of carbonyl (C=O) groups is 1. The minimum absolute atomic E-state index is 0.0160. The van der Waals surface area contributed by atoms with Crippen molar-refractivity contribution in [1.82, 2.24) is 20.5 Å². The summed E-state index contributed by atoms with van der Waals surface area (Å²) in [4.78, 5) is 22.2. The van der Waals surface area contributed by atoms with E-state index in [1.807, 2.05) is 71.6 Å². The summed E-state index contributed by atoms with van der Waals surface area (Å²) in [6.07, 6.45) is 1.81. The van der Waals surface area contributed by atoms with E-state index in [1.54, 1.807) is 13.3 Å². The lowest BCUT2D eigenvalue weighted by atomic mass is 10.1. The van der Waals surface area contributed by atoms with Gasteiger partial charge in [-0.1, -0.05) is 6.07 Å². The summed E-state index contributed by atoms with van der Waals surface area (Å²) in [5, 5.41) is 6.17. The second kappa shape index (κ2) is 10.5. The van der Waals surface area contributed by atoms with Gasteiger partial charge in [0.05, 0.1) is 11.4 Å². The standard InChI is InChI=1S/C25H27N5O2/c1-26-17-19-5-9-22(10-6-19)32-23-11-7-20(8-12-23)24-4-2-3-21(29-24)18-27-13-15-30-16-14-28-25(30)31/h2-12,17,27H,13-16,18H2,1H3,(H,28,31)/b26-17-. The van der Waals surface area contributed by atoms with Gasteiger partial charge < -0.3 is 20.3 Å². The predicted molar refractivity (Wildman–Crippen MR) is 126 cm³/mol. The molecule has 0 unspecified atom stereocenters. The number of aliphatic imine (C=N–C) groups is 1. The molecule has 0 spiro atoms. The van der Waals surface area contributed by atoms with Crippen LogP contribution >= 0.6 is 0 Å². The van der Waals surface area contributed by atoms with Gasteiger partial charge in [-0.3, -0.25) is 9.98 Å². The maximum absolute atomic E-state index is 11.6. The number of pyridine rings is 1. The van der Waals surface area contributed by atoms with Crippen LogP contribution in [-0.2, 0) is 6.54 Å². The number of urea groups is 1. The lowest BCUT2D eigenvalue weighted by molar-refractivity contribution is 0.217. The number of carbonyl (C=O) groups excluding carboxylic acids is 1. The van der Waals surface area contributed by atoms with E-state index in [1.165, 1.54) is 0 Å². The molecule has 1 saturated heterocycles. The number of nitrogens with one attached hydrogen (secondary N) is 2. The molecule has 3 aromatic rings. The van der Waals surface area contributed by atoms with Crippen molar-refractivity contribution in [2.24, 2.45) is 4.99 Å². The van der Waals surface area contributed by atoms with Gasteiger partial charge in [-0.15, -0.1) is 0 Å². The fraction of sp³-hybridized carbons (Fsp3) is 0.240. The Balaban J connectivity index is 1.32. The average molecular weight is 430 g/mol. The fourth-order valence-electron chi connectivity index (χ4n) is 3.49. The Kier molecular flexibility index (Phi) is 7.09. The average Bonchev–Trinajstić information content (AvgIpc) is 3.23. The molecule has 0 bridgehead atoms. The van der Waals surface area contributed by atoms with E-state index < -0.39 is 0 Å². The van der Waals surface area contributed by atoms with Gasteiger partial charge in [-0.05, 0) is 66.2 Å². The van der Waals surface area contributed by atoms with Crippen molar-refractivity contribution in [3.8, 4) is 22.8 Å². The van der Waals surface area contributed by atoms with Gasteiger partial charge in [0.1, 0.15) is 11.5 Å². The Morgan fingerprint density at radius 3 is 2.53 bits per heavy atom. The first-order valence-corrected chi connectivity index (χ1v) is 10.7. The number of hydrogen-bond acceptors (Lipinski definition) is 5. The lowest BCUT2D eigenvalue weighted by Gasteiger charge is -2.14. The normalized spacial score (nSPS) is 13.5. The number of benzene rings is 2. The van der Waals surface area contributed by atoms with E-state index in [0.717, 1.165) is 53.6 Å². The predicted octanol–water partition coefficient (Wildman–Crippen LogP) is 3.70. The van der Waals surface area contributed by atoms with Crippen molar-refractivity contribution in [2.75, 3.05) is 33.2 Å². The molecule has 1 aliphatic rings. The lowest BCUT2D eigenvalue weighted by Crippen LogP contribution is -2.34. The molecule has 7 heteroatoms. The van der Waals surface area contributed by atoms with E-state index in [2.05, 4.69) is 15.6 Å². The fourth-order valence-corrected chi connectivity index (χ4v) is 3.49. The number of nitrogens with zero attached hydrogens (tertiary/aromatic N) is 3. The molecule has 2 aromatic carbocycles. The molecular weight excluding hydrogens is 402 g/mol. The Hall–Kier alpha value is -3.71. The Morgan fingerprint density at radius 2 is 1.84 bits per heavy atom. The summed E-state index contributed by atoms with van der Waals surface area (Å²) < 4.78 is 5.93. The summed E-state index contributed by atoms with van der Waals surface area (Å²) in [5.74, 6) is 1.55. The number of aromatic nitrogens is 1. The van der Waals surface area contributed by atoms with Crippen LogP contribution in [-0.4, -0.2) is 55.4 Å². The Labute approximate surface area is 188 Å². The van der Waals surface area contributed by atoms with Crippen LogP contribution in [0.5, 0.6) is 11.5 Å². The maximum atomic E-state index is 11.6. The molecule has 1 aliphatic heterocycles. The van der Waals surface area contributed by atoms with Gasteiger partial charge in [-0.2, -0.15) is 0 Å². The van der Waals surface area contributed by atoms with Gasteiger partial charge in [0.2, 0.25) is 0 Å². The van der Waals surface area contributed by atoms with Crippen molar-refractivity contribution in [2.45, 2.75) is 6.54 Å². The largest absolute Gasteiger partial charge is 0.457 e. The molecule has 7 nitrogen and oxygen atoms in total. The summed E-state index contributed by atoms with van der Waals surface area (Å²) in [6, 6.07) is 21.8. The first kappa shape index (κ1) is 21.5. The van der Waals surface area contributed by atoms with E-state index in [-0.39, 0.29) is 6.03 Å². The second-order valence-electron chi connectivity index (χ2n) is 7.49. The number of rotatable bonds is 9. The molecule has 0 aliphatic carbocycles. The van der Waals surface area contributed by atoms with E-state index >= 15 is 0 Å². The Bertz CT molecular complexity index is 1060. The summed E-state index contributed by atoms with van der Waals surface area (Å²) >= 11 is 0. The molecule has 0 radical (unpaired) electrons. The minimum atomic E-state index is 0.0160. The summed E-state index contributed by atoms with van der Waals surface area (Å²) in [6.45, 7) is 3.59. The topological polar surface area (TPSA) is 78.9 Å². The highest BCUT2D eigenvalue weighted by atomic mass is 16.5. The minimum Gasteiger partial charge on any atom is -0.457 e. The van der Waals surface area contributed by atoms with Gasteiger partial charge in [0.15, 0.2) is 0 Å². The SMILES string of the molecule is C/N=C\c1ccc(Oc2ccc(-c3cccc(CNCCN4CCNC4=O)n3)cc2)cc1. The van der Waals surface area contributed by atoms with Crippen molar-refractivity contribution in [3.05, 3.63) is 78.0 Å². The molecular formula is C25H27N5O2. The maximum Gasteiger partial charge on any atom is 0.317 e. The molecule has 2 amide bonds. The molecule has 0 atom stereocenters. The van der Waals surface area contributed by atoms with Crippen molar-refractivity contribution >= 4 is 12.2 Å².